The number of anilines is 1. The van der Waals surface area contributed by atoms with Gasteiger partial charge in [0.05, 0.1) is 10.6 Å². The maximum atomic E-state index is 13.3. The second-order valence-corrected chi connectivity index (χ2v) is 9.18. The third kappa shape index (κ3) is 5.48. The molecule has 0 fully saturated rings. The van der Waals surface area contributed by atoms with Crippen LogP contribution < -0.4 is 9.62 Å². The van der Waals surface area contributed by atoms with Gasteiger partial charge in [0.15, 0.2) is 0 Å². The molecule has 3 rings (SSSR count). The standard InChI is InChI=1S/C23H28N2O3S/c1-19-10-8-9-15-22(19)25(29(27,28)21-13-6-3-7-14-21)18-23(26)24-17-16-20-11-4-2-5-12-20/h3,6-11,13-15H,2,4-5,12,16-18H2,1H3,(H,24,26). The van der Waals surface area contributed by atoms with Crippen LogP contribution in [0.4, 0.5) is 5.69 Å². The Morgan fingerprint density at radius 3 is 2.45 bits per heavy atom. The number of allylic oxidation sites excluding steroid dienone is 1. The molecule has 1 N–H and O–H groups in total. The summed E-state index contributed by atoms with van der Waals surface area (Å²) in [4.78, 5) is 12.8. The fourth-order valence-electron chi connectivity index (χ4n) is 3.54. The molecule has 5 nitrogen and oxygen atoms in total. The summed E-state index contributed by atoms with van der Waals surface area (Å²) in [5, 5.41) is 2.89. The fourth-order valence-corrected chi connectivity index (χ4v) is 5.05. The van der Waals surface area contributed by atoms with Crippen molar-refractivity contribution in [1.29, 1.82) is 0 Å². The van der Waals surface area contributed by atoms with E-state index in [0.717, 1.165) is 24.8 Å². The molecule has 29 heavy (non-hydrogen) atoms. The van der Waals surface area contributed by atoms with Gasteiger partial charge in [-0.15, -0.1) is 0 Å². The van der Waals surface area contributed by atoms with Crippen molar-refractivity contribution in [3.63, 3.8) is 0 Å². The second kappa shape index (κ2) is 9.74. The van der Waals surface area contributed by atoms with E-state index in [-0.39, 0.29) is 17.3 Å². The summed E-state index contributed by atoms with van der Waals surface area (Å²) in [5.74, 6) is -0.302. The van der Waals surface area contributed by atoms with Crippen molar-refractivity contribution in [3.8, 4) is 0 Å². The average molecular weight is 413 g/mol. The van der Waals surface area contributed by atoms with Crippen LogP contribution in [0.15, 0.2) is 71.1 Å². The maximum Gasteiger partial charge on any atom is 0.264 e. The zero-order valence-corrected chi connectivity index (χ0v) is 17.6. The molecule has 1 amide bonds. The molecule has 0 heterocycles. The average Bonchev–Trinajstić information content (AvgIpc) is 2.74. The third-order valence-electron chi connectivity index (χ3n) is 5.16. The predicted octanol–water partition coefficient (Wildman–Crippen LogP) is 4.20. The van der Waals surface area contributed by atoms with E-state index >= 15 is 0 Å². The lowest BCUT2D eigenvalue weighted by Gasteiger charge is -2.25. The van der Waals surface area contributed by atoms with Crippen molar-refractivity contribution in [2.45, 2.75) is 43.9 Å². The summed E-state index contributed by atoms with van der Waals surface area (Å²) in [5.41, 5.74) is 2.69. The van der Waals surface area contributed by atoms with Crippen LogP contribution in [0.5, 0.6) is 0 Å². The van der Waals surface area contributed by atoms with Crippen molar-refractivity contribution in [2.75, 3.05) is 17.4 Å². The number of nitrogens with zero attached hydrogens (tertiary/aromatic N) is 1. The van der Waals surface area contributed by atoms with Gasteiger partial charge in [0.1, 0.15) is 6.54 Å². The van der Waals surface area contributed by atoms with Gasteiger partial charge >= 0.3 is 0 Å². The first-order chi connectivity index (χ1) is 14.0. The highest BCUT2D eigenvalue weighted by Gasteiger charge is 2.27. The summed E-state index contributed by atoms with van der Waals surface area (Å²) in [6, 6.07) is 15.4. The van der Waals surface area contributed by atoms with Crippen LogP contribution in [0.1, 0.15) is 37.7 Å². The SMILES string of the molecule is Cc1ccccc1N(CC(=O)NCCC1=CCCCC1)S(=O)(=O)c1ccccc1. The van der Waals surface area contributed by atoms with Crippen molar-refractivity contribution in [2.24, 2.45) is 0 Å². The Morgan fingerprint density at radius 1 is 1.03 bits per heavy atom. The molecule has 0 bridgehead atoms. The number of amides is 1. The first-order valence-corrected chi connectivity index (χ1v) is 11.5. The van der Waals surface area contributed by atoms with Gasteiger partial charge < -0.3 is 5.32 Å². The van der Waals surface area contributed by atoms with Gasteiger partial charge in [-0.05, 0) is 62.8 Å². The highest BCUT2D eigenvalue weighted by atomic mass is 32.2. The molecule has 0 aliphatic heterocycles. The van der Waals surface area contributed by atoms with Crippen LogP contribution in [-0.2, 0) is 14.8 Å². The lowest BCUT2D eigenvalue weighted by molar-refractivity contribution is -0.119. The molecule has 0 atom stereocenters. The number of benzene rings is 2. The molecule has 2 aromatic rings. The lowest BCUT2D eigenvalue weighted by Crippen LogP contribution is -2.41. The minimum Gasteiger partial charge on any atom is -0.354 e. The zero-order chi connectivity index (χ0) is 20.7. The normalized spacial score (nSPS) is 14.2. The molecule has 1 aliphatic rings. The summed E-state index contributed by atoms with van der Waals surface area (Å²) >= 11 is 0. The number of para-hydroxylation sites is 1. The minimum absolute atomic E-state index is 0.170. The fraction of sp³-hybridized carbons (Fsp3) is 0.348. The zero-order valence-electron chi connectivity index (χ0n) is 16.8. The molecule has 6 heteroatoms. The van der Waals surface area contributed by atoms with Gasteiger partial charge in [-0.1, -0.05) is 48.0 Å². The van der Waals surface area contributed by atoms with Crippen LogP contribution in [0, 0.1) is 6.92 Å². The first-order valence-electron chi connectivity index (χ1n) is 10.1. The van der Waals surface area contributed by atoms with Crippen molar-refractivity contribution in [1.82, 2.24) is 5.32 Å². The number of hydrogen-bond donors (Lipinski definition) is 1. The van der Waals surface area contributed by atoms with Crippen LogP contribution in [0.25, 0.3) is 0 Å². The van der Waals surface area contributed by atoms with E-state index in [2.05, 4.69) is 11.4 Å². The van der Waals surface area contributed by atoms with Crippen molar-refractivity contribution >= 4 is 21.6 Å². The maximum absolute atomic E-state index is 13.3. The van der Waals surface area contributed by atoms with E-state index < -0.39 is 10.0 Å². The number of hydrogen-bond acceptors (Lipinski definition) is 3. The summed E-state index contributed by atoms with van der Waals surface area (Å²) < 4.78 is 27.8. The van der Waals surface area contributed by atoms with Gasteiger partial charge in [0.2, 0.25) is 5.91 Å². The van der Waals surface area contributed by atoms with Crippen LogP contribution in [0.3, 0.4) is 0 Å². The van der Waals surface area contributed by atoms with E-state index in [9.17, 15) is 13.2 Å². The highest BCUT2D eigenvalue weighted by Crippen LogP contribution is 2.26. The minimum atomic E-state index is -3.86. The van der Waals surface area contributed by atoms with Gasteiger partial charge in [-0.3, -0.25) is 9.10 Å². The summed E-state index contributed by atoms with van der Waals surface area (Å²) in [7, 11) is -3.86. The van der Waals surface area contributed by atoms with E-state index in [1.165, 1.54) is 22.7 Å². The van der Waals surface area contributed by atoms with E-state index in [1.807, 2.05) is 19.1 Å². The van der Waals surface area contributed by atoms with Crippen LogP contribution in [-0.4, -0.2) is 27.4 Å². The van der Waals surface area contributed by atoms with Gasteiger partial charge in [0, 0.05) is 6.54 Å². The van der Waals surface area contributed by atoms with Gasteiger partial charge in [-0.25, -0.2) is 8.42 Å². The monoisotopic (exact) mass is 412 g/mol. The van der Waals surface area contributed by atoms with Crippen molar-refractivity contribution < 1.29 is 13.2 Å². The molecule has 0 unspecified atom stereocenters. The largest absolute Gasteiger partial charge is 0.354 e. The Hall–Kier alpha value is -2.60. The molecule has 0 spiro atoms. The molecule has 0 aromatic heterocycles. The Labute approximate surface area is 173 Å². The Morgan fingerprint density at radius 2 is 1.76 bits per heavy atom. The Bertz CT molecular complexity index is 969. The van der Waals surface area contributed by atoms with E-state index in [1.54, 1.807) is 42.5 Å². The molecule has 1 aliphatic carbocycles. The molecular formula is C23H28N2O3S. The van der Waals surface area contributed by atoms with E-state index in [4.69, 9.17) is 0 Å². The number of nitrogens with one attached hydrogen (secondary N) is 1. The summed E-state index contributed by atoms with van der Waals surface area (Å²) in [6.07, 6.45) is 7.72. The highest BCUT2D eigenvalue weighted by molar-refractivity contribution is 7.92. The molecular weight excluding hydrogens is 384 g/mol. The number of aryl methyl sites for hydroxylation is 1. The van der Waals surface area contributed by atoms with E-state index in [0.29, 0.717) is 12.2 Å². The number of sulfonamides is 1. The number of carbonyl (C=O) groups is 1. The number of rotatable bonds is 8. The first kappa shape index (κ1) is 21.1. The van der Waals surface area contributed by atoms with Crippen molar-refractivity contribution in [3.05, 3.63) is 71.8 Å². The second-order valence-electron chi connectivity index (χ2n) is 7.32. The third-order valence-corrected chi connectivity index (χ3v) is 6.93. The lowest BCUT2D eigenvalue weighted by atomic mass is 9.97. The molecule has 0 saturated heterocycles. The molecule has 2 aromatic carbocycles. The predicted molar refractivity (Wildman–Crippen MR) is 116 cm³/mol. The molecule has 154 valence electrons. The van der Waals surface area contributed by atoms with Gasteiger partial charge in [-0.2, -0.15) is 0 Å². The summed E-state index contributed by atoms with van der Waals surface area (Å²) in [6.45, 7) is 2.12. The van der Waals surface area contributed by atoms with Gasteiger partial charge in [0.25, 0.3) is 10.0 Å². The van der Waals surface area contributed by atoms with Crippen LogP contribution >= 0.6 is 0 Å². The quantitative estimate of drug-likeness (QED) is 0.661. The van der Waals surface area contributed by atoms with Crippen LogP contribution in [0.2, 0.25) is 0 Å². The smallest absolute Gasteiger partial charge is 0.264 e. The molecule has 0 radical (unpaired) electrons. The molecule has 0 saturated carbocycles. The number of carbonyl (C=O) groups excluding carboxylic acids is 1. The Balaban J connectivity index is 1.76. The Kier molecular flexibility index (Phi) is 7.09. The topological polar surface area (TPSA) is 66.5 Å².